The van der Waals surface area contributed by atoms with E-state index in [0.29, 0.717) is 13.2 Å². The summed E-state index contributed by atoms with van der Waals surface area (Å²) < 4.78 is 21.1. The van der Waals surface area contributed by atoms with Crippen LogP contribution in [0.25, 0.3) is 0 Å². The Kier molecular flexibility index (Phi) is 6.14. The molecule has 0 aliphatic carbocycles. The summed E-state index contributed by atoms with van der Waals surface area (Å²) in [5.74, 6) is -0.263. The standard InChI is InChI=1S/C20H21FN4O2/c1-2-3-12-27-19-7-5-4-6-15(19)14-25-11-9-18(24-25)20(26)23-17-8-10-22-13-16(17)21/h4-11,13H,2-3,12,14H2,1H3,(H,22,23,26). The van der Waals surface area contributed by atoms with Crippen LogP contribution in [0, 0.1) is 5.82 Å². The van der Waals surface area contributed by atoms with Gasteiger partial charge in [-0.15, -0.1) is 0 Å². The molecule has 0 spiro atoms. The third-order valence-electron chi connectivity index (χ3n) is 3.95. The monoisotopic (exact) mass is 368 g/mol. The topological polar surface area (TPSA) is 69.0 Å². The van der Waals surface area contributed by atoms with E-state index in [1.54, 1.807) is 16.9 Å². The molecule has 140 valence electrons. The molecule has 0 saturated carbocycles. The van der Waals surface area contributed by atoms with E-state index in [0.717, 1.165) is 30.4 Å². The lowest BCUT2D eigenvalue weighted by atomic mass is 10.2. The van der Waals surface area contributed by atoms with E-state index in [-0.39, 0.29) is 11.4 Å². The zero-order chi connectivity index (χ0) is 19.1. The van der Waals surface area contributed by atoms with Crippen molar-refractivity contribution in [3.8, 4) is 5.75 Å². The molecule has 1 N–H and O–H groups in total. The number of aromatic nitrogens is 3. The number of pyridine rings is 1. The van der Waals surface area contributed by atoms with Crippen LogP contribution in [0.3, 0.4) is 0 Å². The largest absolute Gasteiger partial charge is 0.493 e. The third-order valence-corrected chi connectivity index (χ3v) is 3.95. The molecule has 3 rings (SSSR count). The van der Waals surface area contributed by atoms with Gasteiger partial charge < -0.3 is 10.1 Å². The Morgan fingerprint density at radius 3 is 2.93 bits per heavy atom. The van der Waals surface area contributed by atoms with Gasteiger partial charge in [0.25, 0.3) is 5.91 Å². The number of carbonyl (C=O) groups excluding carboxylic acids is 1. The molecule has 3 aromatic rings. The predicted molar refractivity (Wildman–Crippen MR) is 100 cm³/mol. The van der Waals surface area contributed by atoms with E-state index in [1.807, 2.05) is 24.3 Å². The number of anilines is 1. The zero-order valence-electron chi connectivity index (χ0n) is 15.1. The van der Waals surface area contributed by atoms with Gasteiger partial charge in [-0.1, -0.05) is 31.5 Å². The minimum Gasteiger partial charge on any atom is -0.493 e. The van der Waals surface area contributed by atoms with Crippen molar-refractivity contribution in [2.24, 2.45) is 0 Å². The van der Waals surface area contributed by atoms with Crippen LogP contribution >= 0.6 is 0 Å². The number of rotatable bonds is 8. The fourth-order valence-corrected chi connectivity index (χ4v) is 2.51. The maximum Gasteiger partial charge on any atom is 0.276 e. The average Bonchev–Trinajstić information content (AvgIpc) is 3.14. The van der Waals surface area contributed by atoms with Gasteiger partial charge in [0.15, 0.2) is 11.5 Å². The van der Waals surface area contributed by atoms with Gasteiger partial charge in [-0.2, -0.15) is 5.10 Å². The second kappa shape index (κ2) is 8.93. The van der Waals surface area contributed by atoms with Crippen LogP contribution in [-0.4, -0.2) is 27.3 Å². The molecule has 1 amide bonds. The molecule has 6 nitrogen and oxygen atoms in total. The summed E-state index contributed by atoms with van der Waals surface area (Å²) in [5, 5.41) is 6.77. The lowest BCUT2D eigenvalue weighted by Crippen LogP contribution is -2.14. The Morgan fingerprint density at radius 1 is 1.26 bits per heavy atom. The highest BCUT2D eigenvalue weighted by atomic mass is 19.1. The quantitative estimate of drug-likeness (QED) is 0.612. The number of ether oxygens (including phenoxy) is 1. The number of para-hydroxylation sites is 1. The number of benzene rings is 1. The van der Waals surface area contributed by atoms with Crippen molar-refractivity contribution in [2.45, 2.75) is 26.3 Å². The second-order valence-corrected chi connectivity index (χ2v) is 6.02. The summed E-state index contributed by atoms with van der Waals surface area (Å²) in [6, 6.07) is 10.7. The van der Waals surface area contributed by atoms with Gasteiger partial charge in [0.2, 0.25) is 0 Å². The van der Waals surface area contributed by atoms with Crippen molar-refractivity contribution < 1.29 is 13.9 Å². The smallest absolute Gasteiger partial charge is 0.276 e. The van der Waals surface area contributed by atoms with Gasteiger partial charge in [0.05, 0.1) is 25.0 Å². The molecule has 0 bridgehead atoms. The zero-order valence-corrected chi connectivity index (χ0v) is 15.1. The molecule has 0 fully saturated rings. The normalized spacial score (nSPS) is 10.6. The Labute approximate surface area is 157 Å². The molecule has 0 aliphatic rings. The van der Waals surface area contributed by atoms with E-state index in [2.05, 4.69) is 22.3 Å². The van der Waals surface area contributed by atoms with Gasteiger partial charge in [0.1, 0.15) is 5.75 Å². The summed E-state index contributed by atoms with van der Waals surface area (Å²) >= 11 is 0. The molecule has 2 aromatic heterocycles. The van der Waals surface area contributed by atoms with Crippen LogP contribution in [0.2, 0.25) is 0 Å². The van der Waals surface area contributed by atoms with Crippen LogP contribution < -0.4 is 10.1 Å². The Morgan fingerprint density at radius 2 is 2.11 bits per heavy atom. The number of hydrogen-bond acceptors (Lipinski definition) is 4. The lowest BCUT2D eigenvalue weighted by molar-refractivity contribution is 0.102. The minimum atomic E-state index is -0.594. The first kappa shape index (κ1) is 18.6. The van der Waals surface area contributed by atoms with Crippen molar-refractivity contribution in [1.82, 2.24) is 14.8 Å². The number of hydrogen-bond donors (Lipinski definition) is 1. The maximum absolute atomic E-state index is 13.6. The van der Waals surface area contributed by atoms with Crippen molar-refractivity contribution in [3.63, 3.8) is 0 Å². The van der Waals surface area contributed by atoms with E-state index >= 15 is 0 Å². The number of nitrogens with one attached hydrogen (secondary N) is 1. The fraction of sp³-hybridized carbons (Fsp3) is 0.250. The van der Waals surface area contributed by atoms with Crippen LogP contribution in [0.4, 0.5) is 10.1 Å². The molecule has 0 aliphatic heterocycles. The molecule has 7 heteroatoms. The second-order valence-electron chi connectivity index (χ2n) is 6.02. The van der Waals surface area contributed by atoms with E-state index in [1.165, 1.54) is 12.3 Å². The molecule has 0 radical (unpaired) electrons. The molecule has 2 heterocycles. The van der Waals surface area contributed by atoms with Crippen molar-refractivity contribution >= 4 is 11.6 Å². The first-order chi connectivity index (χ1) is 13.2. The van der Waals surface area contributed by atoms with E-state index in [9.17, 15) is 9.18 Å². The van der Waals surface area contributed by atoms with Gasteiger partial charge >= 0.3 is 0 Å². The Bertz CT molecular complexity index is 910. The summed E-state index contributed by atoms with van der Waals surface area (Å²) in [5.41, 5.74) is 1.25. The minimum absolute atomic E-state index is 0.0687. The molecule has 27 heavy (non-hydrogen) atoms. The number of nitrogens with zero attached hydrogens (tertiary/aromatic N) is 3. The van der Waals surface area contributed by atoms with Gasteiger partial charge in [-0.3, -0.25) is 14.5 Å². The molecule has 0 atom stereocenters. The van der Waals surface area contributed by atoms with E-state index in [4.69, 9.17) is 4.74 Å². The number of amides is 1. The lowest BCUT2D eigenvalue weighted by Gasteiger charge is -2.11. The van der Waals surface area contributed by atoms with Crippen LogP contribution in [0.5, 0.6) is 5.75 Å². The van der Waals surface area contributed by atoms with Crippen LogP contribution in [0.15, 0.2) is 55.0 Å². The van der Waals surface area contributed by atoms with Gasteiger partial charge in [-0.25, -0.2) is 4.39 Å². The highest BCUT2D eigenvalue weighted by Gasteiger charge is 2.13. The molecule has 1 aromatic carbocycles. The highest BCUT2D eigenvalue weighted by Crippen LogP contribution is 2.19. The summed E-state index contributed by atoms with van der Waals surface area (Å²) in [6.07, 6.45) is 6.22. The van der Waals surface area contributed by atoms with E-state index < -0.39 is 11.7 Å². The van der Waals surface area contributed by atoms with Crippen molar-refractivity contribution in [3.05, 3.63) is 72.1 Å². The summed E-state index contributed by atoms with van der Waals surface area (Å²) in [6.45, 7) is 3.25. The molecule has 0 saturated heterocycles. The predicted octanol–water partition coefficient (Wildman–Crippen LogP) is 3.90. The van der Waals surface area contributed by atoms with Gasteiger partial charge in [-0.05, 0) is 24.6 Å². The Hall–Kier alpha value is -3.22. The first-order valence-corrected chi connectivity index (χ1v) is 8.82. The average molecular weight is 368 g/mol. The van der Waals surface area contributed by atoms with Gasteiger partial charge in [0, 0.05) is 18.0 Å². The SMILES string of the molecule is CCCCOc1ccccc1Cn1ccc(C(=O)Nc2ccncc2F)n1. The first-order valence-electron chi connectivity index (χ1n) is 8.82. The van der Waals surface area contributed by atoms with Crippen LogP contribution in [0.1, 0.15) is 35.8 Å². The highest BCUT2D eigenvalue weighted by molar-refractivity contribution is 6.02. The molecule has 0 unspecified atom stereocenters. The summed E-state index contributed by atoms with van der Waals surface area (Å²) in [7, 11) is 0. The van der Waals surface area contributed by atoms with Crippen molar-refractivity contribution in [2.75, 3.05) is 11.9 Å². The molecular formula is C20H21FN4O2. The number of halogens is 1. The van der Waals surface area contributed by atoms with Crippen LogP contribution in [-0.2, 0) is 6.54 Å². The number of carbonyl (C=O) groups is 1. The molecular weight excluding hydrogens is 347 g/mol. The number of unbranched alkanes of at least 4 members (excludes halogenated alkanes) is 1. The maximum atomic E-state index is 13.6. The Balaban J connectivity index is 1.68. The fourth-order valence-electron chi connectivity index (χ4n) is 2.51. The van der Waals surface area contributed by atoms with Crippen molar-refractivity contribution in [1.29, 1.82) is 0 Å². The third kappa shape index (κ3) is 4.91. The summed E-state index contributed by atoms with van der Waals surface area (Å²) in [4.78, 5) is 15.9.